The summed E-state index contributed by atoms with van der Waals surface area (Å²) in [6, 6.07) is 5.42. The van der Waals surface area contributed by atoms with Crippen LogP contribution in [0.2, 0.25) is 0 Å². The van der Waals surface area contributed by atoms with Crippen LogP contribution in [0.25, 0.3) is 11.0 Å². The van der Waals surface area contributed by atoms with E-state index in [9.17, 15) is 0 Å². The fourth-order valence-electron chi connectivity index (χ4n) is 0.923. The number of hydrogen-bond acceptors (Lipinski definition) is 3. The van der Waals surface area contributed by atoms with Gasteiger partial charge in [-0.2, -0.15) is 0 Å². The number of aromatic nitrogens is 2. The molecule has 3 heteroatoms. The Morgan fingerprint density at radius 3 is 3.09 bits per heavy atom. The Hall–Kier alpha value is -1.82. The van der Waals surface area contributed by atoms with E-state index >= 15 is 0 Å². The third kappa shape index (κ3) is 0.767. The summed E-state index contributed by atoms with van der Waals surface area (Å²) in [7, 11) is 0. The quantitative estimate of drug-likeness (QED) is 0.521. The molecule has 0 spiro atoms. The summed E-state index contributed by atoms with van der Waals surface area (Å²) in [6.45, 7) is 0. The second-order valence-corrected chi connectivity index (χ2v) is 2.08. The van der Waals surface area contributed by atoms with Crippen molar-refractivity contribution in [2.45, 2.75) is 0 Å². The maximum Gasteiger partial charge on any atom is 0.150 e. The number of fused-ring (bicyclic) bond motifs is 1. The summed E-state index contributed by atoms with van der Waals surface area (Å²) < 4.78 is 4.51. The van der Waals surface area contributed by atoms with E-state index in [0.29, 0.717) is 16.6 Å². The molecule has 0 fully saturated rings. The molecule has 2 aromatic rings. The molecule has 0 atom stereocenters. The first kappa shape index (κ1) is 5.93. The standard InChI is InChI=1S/C8H4N2O/c1-2-6-4-3-5-7-8(6)10-11-9-7/h1,3-5H. The minimum Gasteiger partial charge on any atom is -0.243 e. The average molecular weight is 144 g/mol. The van der Waals surface area contributed by atoms with Crippen molar-refractivity contribution >= 4 is 11.0 Å². The smallest absolute Gasteiger partial charge is 0.150 e. The summed E-state index contributed by atoms with van der Waals surface area (Å²) in [5.74, 6) is 2.49. The maximum absolute atomic E-state index is 5.22. The average Bonchev–Trinajstić information content (AvgIpc) is 2.50. The lowest BCUT2D eigenvalue weighted by atomic mass is 10.2. The van der Waals surface area contributed by atoms with Gasteiger partial charge in [-0.3, -0.25) is 0 Å². The van der Waals surface area contributed by atoms with Gasteiger partial charge in [0, 0.05) is 0 Å². The number of hydrogen-bond donors (Lipinski definition) is 0. The maximum atomic E-state index is 5.22. The molecular formula is C8H4N2O. The normalized spacial score (nSPS) is 9.73. The van der Waals surface area contributed by atoms with Gasteiger partial charge in [-0.15, -0.1) is 6.42 Å². The first-order chi connectivity index (χ1) is 5.42. The largest absolute Gasteiger partial charge is 0.243 e. The monoisotopic (exact) mass is 144 g/mol. The number of rotatable bonds is 0. The van der Waals surface area contributed by atoms with E-state index in [0.717, 1.165) is 0 Å². The Morgan fingerprint density at radius 1 is 1.36 bits per heavy atom. The van der Waals surface area contributed by atoms with Crippen LogP contribution in [-0.4, -0.2) is 10.3 Å². The highest BCUT2D eigenvalue weighted by molar-refractivity contribution is 5.79. The molecule has 2 rings (SSSR count). The molecule has 1 heterocycles. The third-order valence-electron chi connectivity index (χ3n) is 1.44. The molecule has 0 saturated carbocycles. The zero-order chi connectivity index (χ0) is 7.68. The van der Waals surface area contributed by atoms with Gasteiger partial charge in [0.05, 0.1) is 5.56 Å². The minimum absolute atomic E-state index is 0.648. The van der Waals surface area contributed by atoms with Crippen LogP contribution in [0.3, 0.4) is 0 Å². The lowest BCUT2D eigenvalue weighted by molar-refractivity contribution is 0.315. The summed E-state index contributed by atoms with van der Waals surface area (Å²) in [4.78, 5) is 0. The van der Waals surface area contributed by atoms with Crippen molar-refractivity contribution in [2.75, 3.05) is 0 Å². The predicted octanol–water partition coefficient (Wildman–Crippen LogP) is 1.20. The van der Waals surface area contributed by atoms with Crippen LogP contribution < -0.4 is 0 Å². The summed E-state index contributed by atoms with van der Waals surface area (Å²) >= 11 is 0. The molecule has 52 valence electrons. The van der Waals surface area contributed by atoms with Gasteiger partial charge in [0.2, 0.25) is 0 Å². The van der Waals surface area contributed by atoms with Crippen LogP contribution in [-0.2, 0) is 0 Å². The lowest BCUT2D eigenvalue weighted by Crippen LogP contribution is -1.75. The van der Waals surface area contributed by atoms with E-state index < -0.39 is 0 Å². The van der Waals surface area contributed by atoms with Crippen molar-refractivity contribution in [3.8, 4) is 12.3 Å². The van der Waals surface area contributed by atoms with Gasteiger partial charge < -0.3 is 0 Å². The van der Waals surface area contributed by atoms with Gasteiger partial charge in [-0.25, -0.2) is 4.63 Å². The highest BCUT2D eigenvalue weighted by Gasteiger charge is 2.01. The van der Waals surface area contributed by atoms with E-state index in [4.69, 9.17) is 6.42 Å². The molecule has 1 aromatic heterocycles. The van der Waals surface area contributed by atoms with Gasteiger partial charge in [0.1, 0.15) is 5.52 Å². The molecule has 0 bridgehead atoms. The fourth-order valence-corrected chi connectivity index (χ4v) is 0.923. The summed E-state index contributed by atoms with van der Waals surface area (Å²) in [5, 5.41) is 7.31. The summed E-state index contributed by atoms with van der Waals surface area (Å²) in [6.07, 6.45) is 5.22. The molecule has 0 N–H and O–H groups in total. The van der Waals surface area contributed by atoms with Crippen molar-refractivity contribution in [2.24, 2.45) is 0 Å². The van der Waals surface area contributed by atoms with E-state index in [-0.39, 0.29) is 0 Å². The first-order valence-corrected chi connectivity index (χ1v) is 3.10. The topological polar surface area (TPSA) is 38.9 Å². The van der Waals surface area contributed by atoms with Crippen LogP contribution in [0.15, 0.2) is 22.8 Å². The van der Waals surface area contributed by atoms with Gasteiger partial charge in [-0.05, 0) is 22.4 Å². The van der Waals surface area contributed by atoms with Crippen LogP contribution >= 0.6 is 0 Å². The third-order valence-corrected chi connectivity index (χ3v) is 1.44. The van der Waals surface area contributed by atoms with Crippen molar-refractivity contribution in [1.29, 1.82) is 0 Å². The Morgan fingerprint density at radius 2 is 2.27 bits per heavy atom. The number of terminal acetylenes is 1. The molecule has 0 aliphatic carbocycles. The van der Waals surface area contributed by atoms with Crippen LogP contribution in [0.5, 0.6) is 0 Å². The Labute approximate surface area is 63.0 Å². The van der Waals surface area contributed by atoms with Crippen molar-refractivity contribution < 1.29 is 4.63 Å². The molecule has 11 heavy (non-hydrogen) atoms. The van der Waals surface area contributed by atoms with E-state index in [1.807, 2.05) is 6.07 Å². The number of nitrogens with zero attached hydrogens (tertiary/aromatic N) is 2. The number of benzene rings is 1. The van der Waals surface area contributed by atoms with E-state index in [2.05, 4.69) is 20.9 Å². The minimum atomic E-state index is 0.648. The van der Waals surface area contributed by atoms with Crippen molar-refractivity contribution in [3.63, 3.8) is 0 Å². The molecule has 0 amide bonds. The Balaban J connectivity index is 2.92. The second kappa shape index (κ2) is 2.10. The highest BCUT2D eigenvalue weighted by Crippen LogP contribution is 2.12. The molecule has 0 saturated heterocycles. The highest BCUT2D eigenvalue weighted by atomic mass is 16.6. The summed E-state index contributed by atoms with van der Waals surface area (Å²) in [5.41, 5.74) is 2.05. The lowest BCUT2D eigenvalue weighted by Gasteiger charge is -1.86. The van der Waals surface area contributed by atoms with Crippen molar-refractivity contribution in [3.05, 3.63) is 23.8 Å². The second-order valence-electron chi connectivity index (χ2n) is 2.08. The van der Waals surface area contributed by atoms with E-state index in [1.54, 1.807) is 12.1 Å². The zero-order valence-corrected chi connectivity index (χ0v) is 5.61. The first-order valence-electron chi connectivity index (χ1n) is 3.10. The van der Waals surface area contributed by atoms with Gasteiger partial charge in [-0.1, -0.05) is 12.0 Å². The van der Waals surface area contributed by atoms with Gasteiger partial charge in [0.25, 0.3) is 0 Å². The molecule has 0 aliphatic heterocycles. The van der Waals surface area contributed by atoms with Crippen molar-refractivity contribution in [1.82, 2.24) is 10.3 Å². The Kier molecular flexibility index (Phi) is 1.13. The molecular weight excluding hydrogens is 140 g/mol. The molecule has 3 nitrogen and oxygen atoms in total. The van der Waals surface area contributed by atoms with Gasteiger partial charge in [0.15, 0.2) is 5.52 Å². The SMILES string of the molecule is C#Cc1cccc2nonc12. The zero-order valence-electron chi connectivity index (χ0n) is 5.61. The fraction of sp³-hybridized carbons (Fsp3) is 0. The molecule has 0 unspecified atom stereocenters. The van der Waals surface area contributed by atoms with E-state index in [1.165, 1.54) is 0 Å². The van der Waals surface area contributed by atoms with Crippen LogP contribution in [0.4, 0.5) is 0 Å². The molecule has 0 aliphatic rings. The molecule has 0 radical (unpaired) electrons. The molecule has 1 aromatic carbocycles. The van der Waals surface area contributed by atoms with Crippen LogP contribution in [0.1, 0.15) is 5.56 Å². The Bertz CT molecular complexity index is 425. The van der Waals surface area contributed by atoms with Gasteiger partial charge >= 0.3 is 0 Å². The van der Waals surface area contributed by atoms with Crippen LogP contribution in [0, 0.1) is 12.3 Å². The predicted molar refractivity (Wildman–Crippen MR) is 39.7 cm³/mol.